The Bertz CT molecular complexity index is 484. The van der Waals surface area contributed by atoms with E-state index >= 15 is 0 Å². The third-order valence-corrected chi connectivity index (χ3v) is 5.98. The van der Waals surface area contributed by atoms with Crippen LogP contribution in [0, 0.1) is 0 Å². The molecule has 0 saturated carbocycles. The van der Waals surface area contributed by atoms with Gasteiger partial charge in [-0.3, -0.25) is 0 Å². The van der Waals surface area contributed by atoms with Crippen molar-refractivity contribution < 1.29 is 0 Å². The van der Waals surface area contributed by atoms with Gasteiger partial charge in [-0.25, -0.2) is 0 Å². The molecule has 2 atom stereocenters. The van der Waals surface area contributed by atoms with Crippen molar-refractivity contribution in [1.29, 1.82) is 0 Å². The van der Waals surface area contributed by atoms with Crippen LogP contribution in [0.4, 0.5) is 0 Å². The average Bonchev–Trinajstić information content (AvgIpc) is 2.46. The van der Waals surface area contributed by atoms with Crippen LogP contribution in [0.3, 0.4) is 0 Å². The zero-order valence-electron chi connectivity index (χ0n) is 13.3. The SMILES string of the molecule is C=CCC1(SC2(CC=C)C=CC(C)=CC2)C=CC(C)=CC1. The van der Waals surface area contributed by atoms with Crippen LogP contribution in [0.15, 0.2) is 72.9 Å². The molecule has 0 N–H and O–H groups in total. The summed E-state index contributed by atoms with van der Waals surface area (Å²) in [4.78, 5) is 0. The summed E-state index contributed by atoms with van der Waals surface area (Å²) in [5.74, 6) is 0. The molecule has 0 spiro atoms. The van der Waals surface area contributed by atoms with Crippen LogP contribution >= 0.6 is 11.8 Å². The summed E-state index contributed by atoms with van der Waals surface area (Å²) < 4.78 is 0.265. The van der Waals surface area contributed by atoms with Gasteiger partial charge in [0.1, 0.15) is 0 Å². The third-order valence-electron chi connectivity index (χ3n) is 4.23. The summed E-state index contributed by atoms with van der Waals surface area (Å²) in [5, 5.41) is 0. The normalized spacial score (nSPS) is 31.5. The van der Waals surface area contributed by atoms with Crippen LogP contribution in [0.2, 0.25) is 0 Å². The van der Waals surface area contributed by atoms with Crippen molar-refractivity contribution in [3.05, 3.63) is 72.9 Å². The maximum Gasteiger partial charge on any atom is 0.0419 e. The zero-order valence-corrected chi connectivity index (χ0v) is 14.1. The lowest BCUT2D eigenvalue weighted by molar-refractivity contribution is 0.670. The Morgan fingerprint density at radius 2 is 1.38 bits per heavy atom. The van der Waals surface area contributed by atoms with Crippen molar-refractivity contribution in [3.63, 3.8) is 0 Å². The summed E-state index contributed by atoms with van der Waals surface area (Å²) in [6, 6.07) is 0. The van der Waals surface area contributed by atoms with Crippen molar-refractivity contribution >= 4 is 11.8 Å². The molecule has 0 nitrogen and oxygen atoms in total. The number of rotatable bonds is 6. The minimum absolute atomic E-state index is 0.133. The molecule has 2 rings (SSSR count). The van der Waals surface area contributed by atoms with Gasteiger partial charge in [0.05, 0.1) is 0 Å². The van der Waals surface area contributed by atoms with Gasteiger partial charge in [0.25, 0.3) is 0 Å². The molecule has 2 aliphatic rings. The molecule has 2 unspecified atom stereocenters. The predicted octanol–water partition coefficient (Wildman–Crippen LogP) is 6.16. The summed E-state index contributed by atoms with van der Waals surface area (Å²) >= 11 is 2.08. The van der Waals surface area contributed by atoms with Gasteiger partial charge in [-0.15, -0.1) is 24.9 Å². The van der Waals surface area contributed by atoms with E-state index < -0.39 is 0 Å². The van der Waals surface area contributed by atoms with Crippen LogP contribution in [0.5, 0.6) is 0 Å². The van der Waals surface area contributed by atoms with Crippen LogP contribution in [0.1, 0.15) is 39.5 Å². The van der Waals surface area contributed by atoms with Gasteiger partial charge in [0, 0.05) is 9.49 Å². The standard InChI is InChI=1S/C20H26S/c1-5-11-19(13-7-17(3)8-14-19)21-20(12-6-2)15-9-18(4)10-16-20/h5-10,13,15H,1-2,11-12,14,16H2,3-4H3. The first-order chi connectivity index (χ1) is 10.0. The van der Waals surface area contributed by atoms with Crippen molar-refractivity contribution in [3.8, 4) is 0 Å². The van der Waals surface area contributed by atoms with E-state index in [9.17, 15) is 0 Å². The molecule has 0 aromatic carbocycles. The summed E-state index contributed by atoms with van der Waals surface area (Å²) in [6.45, 7) is 12.3. The van der Waals surface area contributed by atoms with E-state index in [1.165, 1.54) is 11.1 Å². The Morgan fingerprint density at radius 3 is 1.67 bits per heavy atom. The topological polar surface area (TPSA) is 0 Å². The Balaban J connectivity index is 2.26. The fraction of sp³-hybridized carbons (Fsp3) is 0.400. The molecule has 0 aromatic heterocycles. The molecular formula is C20H26S. The highest BCUT2D eigenvalue weighted by Crippen LogP contribution is 2.50. The second-order valence-corrected chi connectivity index (χ2v) is 8.02. The molecule has 0 aromatic rings. The van der Waals surface area contributed by atoms with Crippen molar-refractivity contribution in [1.82, 2.24) is 0 Å². The molecule has 0 aliphatic heterocycles. The zero-order chi connectivity index (χ0) is 15.3. The molecular weight excluding hydrogens is 272 g/mol. The Hall–Kier alpha value is -1.21. The van der Waals surface area contributed by atoms with Crippen molar-refractivity contribution in [2.45, 2.75) is 49.0 Å². The van der Waals surface area contributed by atoms with E-state index in [4.69, 9.17) is 0 Å². The Labute approximate surface area is 134 Å². The van der Waals surface area contributed by atoms with Crippen LogP contribution in [0.25, 0.3) is 0 Å². The minimum Gasteiger partial charge on any atom is -0.139 e. The monoisotopic (exact) mass is 298 g/mol. The van der Waals surface area contributed by atoms with Crippen LogP contribution in [-0.2, 0) is 0 Å². The summed E-state index contributed by atoms with van der Waals surface area (Å²) in [7, 11) is 0. The molecule has 1 heteroatoms. The highest BCUT2D eigenvalue weighted by Gasteiger charge is 2.38. The van der Waals surface area contributed by atoms with Gasteiger partial charge < -0.3 is 0 Å². The van der Waals surface area contributed by atoms with Gasteiger partial charge in [0.2, 0.25) is 0 Å². The molecule has 112 valence electrons. The van der Waals surface area contributed by atoms with E-state index in [0.29, 0.717) is 0 Å². The van der Waals surface area contributed by atoms with E-state index in [2.05, 4.69) is 87.4 Å². The fourth-order valence-corrected chi connectivity index (χ4v) is 4.75. The van der Waals surface area contributed by atoms with Crippen molar-refractivity contribution in [2.24, 2.45) is 0 Å². The quantitative estimate of drug-likeness (QED) is 0.529. The van der Waals surface area contributed by atoms with Crippen LogP contribution in [-0.4, -0.2) is 9.49 Å². The number of allylic oxidation sites excluding steroid dienone is 8. The lowest BCUT2D eigenvalue weighted by Crippen LogP contribution is -2.33. The smallest absolute Gasteiger partial charge is 0.0419 e. The van der Waals surface area contributed by atoms with E-state index in [-0.39, 0.29) is 9.49 Å². The highest BCUT2D eigenvalue weighted by atomic mass is 32.2. The summed E-state index contributed by atoms with van der Waals surface area (Å²) in [5.41, 5.74) is 2.73. The molecule has 0 heterocycles. The maximum atomic E-state index is 3.97. The van der Waals surface area contributed by atoms with E-state index in [1.54, 1.807) is 0 Å². The molecule has 21 heavy (non-hydrogen) atoms. The first-order valence-corrected chi connectivity index (χ1v) is 8.49. The van der Waals surface area contributed by atoms with Gasteiger partial charge in [0.15, 0.2) is 0 Å². The molecule has 0 radical (unpaired) electrons. The minimum atomic E-state index is 0.133. The second kappa shape index (κ2) is 6.70. The molecule has 2 aliphatic carbocycles. The Morgan fingerprint density at radius 1 is 0.952 bits per heavy atom. The number of hydrogen-bond acceptors (Lipinski definition) is 1. The van der Waals surface area contributed by atoms with Gasteiger partial charge >= 0.3 is 0 Å². The van der Waals surface area contributed by atoms with Crippen LogP contribution < -0.4 is 0 Å². The molecule has 0 amide bonds. The van der Waals surface area contributed by atoms with Crippen molar-refractivity contribution in [2.75, 3.05) is 0 Å². The molecule has 0 fully saturated rings. The predicted molar refractivity (Wildman–Crippen MR) is 97.7 cm³/mol. The second-order valence-electron chi connectivity index (χ2n) is 6.19. The van der Waals surface area contributed by atoms with E-state index in [0.717, 1.165) is 25.7 Å². The summed E-state index contributed by atoms with van der Waals surface area (Å²) in [6.07, 6.45) is 22.3. The third kappa shape index (κ3) is 3.91. The van der Waals surface area contributed by atoms with Gasteiger partial charge in [-0.2, -0.15) is 0 Å². The van der Waals surface area contributed by atoms with E-state index in [1.807, 2.05) is 0 Å². The Kier molecular flexibility index (Phi) is 5.16. The lowest BCUT2D eigenvalue weighted by atomic mass is 9.92. The lowest BCUT2D eigenvalue weighted by Gasteiger charge is -2.41. The largest absolute Gasteiger partial charge is 0.139 e. The van der Waals surface area contributed by atoms with Gasteiger partial charge in [-0.1, -0.05) is 59.8 Å². The molecule has 0 saturated heterocycles. The first-order valence-electron chi connectivity index (χ1n) is 7.67. The maximum absolute atomic E-state index is 3.97. The average molecular weight is 298 g/mol. The van der Waals surface area contributed by atoms with Gasteiger partial charge in [-0.05, 0) is 39.5 Å². The highest BCUT2D eigenvalue weighted by molar-refractivity contribution is 8.02. The fourth-order valence-electron chi connectivity index (χ4n) is 2.94. The number of thioether (sulfide) groups is 1. The molecule has 0 bridgehead atoms. The first kappa shape index (κ1) is 16.2. The number of hydrogen-bond donors (Lipinski definition) is 0.